The van der Waals surface area contributed by atoms with E-state index in [4.69, 9.17) is 15.0 Å². The fraction of sp³-hybridized carbons (Fsp3) is 0.0962. The lowest BCUT2D eigenvalue weighted by Crippen LogP contribution is -2.29. The van der Waals surface area contributed by atoms with Gasteiger partial charge in [0, 0.05) is 33.6 Å². The molecular formula is C52H38N4. The van der Waals surface area contributed by atoms with E-state index in [1.54, 1.807) is 0 Å². The Labute approximate surface area is 327 Å². The lowest BCUT2D eigenvalue weighted by Gasteiger charge is -2.35. The van der Waals surface area contributed by atoms with Crippen LogP contribution in [0.2, 0.25) is 0 Å². The van der Waals surface area contributed by atoms with Crippen LogP contribution in [-0.2, 0) is 5.41 Å². The molecule has 4 aliphatic rings. The van der Waals surface area contributed by atoms with E-state index in [-0.39, 0.29) is 6.04 Å². The summed E-state index contributed by atoms with van der Waals surface area (Å²) in [5.41, 5.74) is 15.9. The van der Waals surface area contributed by atoms with Gasteiger partial charge < -0.3 is 4.90 Å². The average Bonchev–Trinajstić information content (AvgIpc) is 3.76. The zero-order valence-corrected chi connectivity index (χ0v) is 30.9. The van der Waals surface area contributed by atoms with Crippen LogP contribution >= 0.6 is 0 Å². The number of allylic oxidation sites excluding steroid dienone is 6. The van der Waals surface area contributed by atoms with E-state index in [2.05, 4.69) is 157 Å². The quantitative estimate of drug-likeness (QED) is 0.172. The normalized spacial score (nSPS) is 17.2. The van der Waals surface area contributed by atoms with Crippen molar-refractivity contribution in [3.05, 3.63) is 221 Å². The third-order valence-corrected chi connectivity index (χ3v) is 12.0. The van der Waals surface area contributed by atoms with Crippen LogP contribution < -0.4 is 4.90 Å². The molecule has 0 fully saturated rings. The molecule has 0 bridgehead atoms. The molecule has 0 radical (unpaired) electrons. The first kappa shape index (κ1) is 32.5. The fourth-order valence-corrected chi connectivity index (χ4v) is 9.51. The molecule has 266 valence electrons. The van der Waals surface area contributed by atoms with Crippen molar-refractivity contribution in [2.45, 2.75) is 30.7 Å². The summed E-state index contributed by atoms with van der Waals surface area (Å²) in [5.74, 6) is 1.99. The van der Waals surface area contributed by atoms with Crippen LogP contribution in [0.3, 0.4) is 0 Å². The van der Waals surface area contributed by atoms with Crippen LogP contribution in [0.5, 0.6) is 0 Å². The Bertz CT molecular complexity index is 2650. The SMILES string of the molecule is C1=CCC2C(=C1)c1cc3c(cc1N2c1ccc(-c2nc(-c4ccccc4)nc(-c4ccccc4)n2)cc1)C1=C(C=CCC1)C3(c1ccccc1)c1ccccc1. The van der Waals surface area contributed by atoms with Gasteiger partial charge in [-0.25, -0.2) is 15.0 Å². The van der Waals surface area contributed by atoms with Crippen molar-refractivity contribution in [3.8, 4) is 34.2 Å². The van der Waals surface area contributed by atoms with Gasteiger partial charge in [0.1, 0.15) is 0 Å². The molecule has 4 nitrogen and oxygen atoms in total. The standard InChI is InChI=1S/C52H38N4/c1-5-17-35(18-6-1)49-53-50(36-19-7-2-8-20-36)55-51(54-49)37-29-31-40(32-30-37)56-47-28-16-14-26-42(47)44-33-46-43(34-48(44)56)41-25-13-15-27-45(41)52(46,38-21-9-3-10-22-38)39-23-11-4-12-24-39/h1-12,14-24,26-27,29-34,47H,13,25,28H2. The minimum absolute atomic E-state index is 0.206. The van der Waals surface area contributed by atoms with E-state index in [9.17, 15) is 0 Å². The first-order valence-electron chi connectivity index (χ1n) is 19.6. The maximum absolute atomic E-state index is 5.00. The summed E-state index contributed by atoms with van der Waals surface area (Å²) < 4.78 is 0. The minimum atomic E-state index is -0.392. The minimum Gasteiger partial charge on any atom is -0.333 e. The fourth-order valence-electron chi connectivity index (χ4n) is 9.51. The summed E-state index contributed by atoms with van der Waals surface area (Å²) in [6.45, 7) is 0. The lowest BCUT2D eigenvalue weighted by molar-refractivity contribution is 0.756. The smallest absolute Gasteiger partial charge is 0.164 e. The number of rotatable bonds is 6. The second kappa shape index (κ2) is 13.1. The van der Waals surface area contributed by atoms with Gasteiger partial charge in [0.2, 0.25) is 0 Å². The summed E-state index contributed by atoms with van der Waals surface area (Å²) in [7, 11) is 0. The Morgan fingerprint density at radius 1 is 0.554 bits per heavy atom. The zero-order chi connectivity index (χ0) is 37.1. The second-order valence-corrected chi connectivity index (χ2v) is 15.0. The average molecular weight is 719 g/mol. The summed E-state index contributed by atoms with van der Waals surface area (Å²) in [6, 6.07) is 56.7. The molecule has 0 saturated carbocycles. The first-order chi connectivity index (χ1) is 27.8. The molecule has 56 heavy (non-hydrogen) atoms. The second-order valence-electron chi connectivity index (χ2n) is 15.0. The van der Waals surface area contributed by atoms with Crippen LogP contribution in [0, 0.1) is 0 Å². The van der Waals surface area contributed by atoms with Crippen LogP contribution in [0.1, 0.15) is 47.1 Å². The number of anilines is 2. The Morgan fingerprint density at radius 2 is 1.11 bits per heavy atom. The molecule has 1 unspecified atom stereocenters. The Morgan fingerprint density at radius 3 is 1.70 bits per heavy atom. The van der Waals surface area contributed by atoms with Crippen molar-refractivity contribution in [2.24, 2.45) is 0 Å². The third kappa shape index (κ3) is 5.03. The summed E-state index contributed by atoms with van der Waals surface area (Å²) in [4.78, 5) is 17.5. The highest BCUT2D eigenvalue weighted by Gasteiger charge is 2.49. The van der Waals surface area contributed by atoms with Crippen molar-refractivity contribution in [3.63, 3.8) is 0 Å². The topological polar surface area (TPSA) is 41.9 Å². The van der Waals surface area contributed by atoms with Crippen molar-refractivity contribution >= 4 is 22.5 Å². The van der Waals surface area contributed by atoms with Crippen molar-refractivity contribution < 1.29 is 0 Å². The lowest BCUT2D eigenvalue weighted by atomic mass is 9.66. The van der Waals surface area contributed by atoms with Gasteiger partial charge in [0.05, 0.1) is 11.5 Å². The van der Waals surface area contributed by atoms with E-state index in [1.807, 2.05) is 36.4 Å². The molecule has 4 heteroatoms. The molecular weight excluding hydrogens is 681 g/mol. The van der Waals surface area contributed by atoms with Gasteiger partial charge in [-0.15, -0.1) is 0 Å². The number of benzene rings is 6. The van der Waals surface area contributed by atoms with E-state index in [0.29, 0.717) is 17.5 Å². The Balaban J connectivity index is 1.06. The van der Waals surface area contributed by atoms with Crippen molar-refractivity contribution in [1.82, 2.24) is 15.0 Å². The first-order valence-corrected chi connectivity index (χ1v) is 19.6. The van der Waals surface area contributed by atoms with Gasteiger partial charge in [0.15, 0.2) is 17.5 Å². The highest BCUT2D eigenvalue weighted by Crippen LogP contribution is 2.60. The molecule has 7 aromatic rings. The predicted octanol–water partition coefficient (Wildman–Crippen LogP) is 12.2. The molecule has 0 N–H and O–H groups in total. The highest BCUT2D eigenvalue weighted by atomic mass is 15.2. The number of fused-ring (bicyclic) bond motifs is 5. The molecule has 2 heterocycles. The molecule has 0 saturated heterocycles. The van der Waals surface area contributed by atoms with Crippen LogP contribution in [0.25, 0.3) is 45.3 Å². The maximum Gasteiger partial charge on any atom is 0.164 e. The van der Waals surface area contributed by atoms with E-state index in [1.165, 1.54) is 50.2 Å². The maximum atomic E-state index is 5.00. The summed E-state index contributed by atoms with van der Waals surface area (Å²) >= 11 is 0. The molecule has 11 rings (SSSR count). The predicted molar refractivity (Wildman–Crippen MR) is 228 cm³/mol. The number of nitrogens with zero attached hydrogens (tertiary/aromatic N) is 4. The van der Waals surface area contributed by atoms with Crippen molar-refractivity contribution in [1.29, 1.82) is 0 Å². The van der Waals surface area contributed by atoms with Gasteiger partial charge in [-0.2, -0.15) is 0 Å². The molecule has 6 aromatic carbocycles. The van der Waals surface area contributed by atoms with Crippen LogP contribution in [-0.4, -0.2) is 21.0 Å². The van der Waals surface area contributed by atoms with E-state index < -0.39 is 5.41 Å². The van der Waals surface area contributed by atoms with E-state index >= 15 is 0 Å². The monoisotopic (exact) mass is 718 g/mol. The largest absolute Gasteiger partial charge is 0.333 e. The molecule has 0 amide bonds. The van der Waals surface area contributed by atoms with Crippen molar-refractivity contribution in [2.75, 3.05) is 4.90 Å². The molecule has 3 aliphatic carbocycles. The van der Waals surface area contributed by atoms with Gasteiger partial charge in [-0.1, -0.05) is 152 Å². The van der Waals surface area contributed by atoms with Gasteiger partial charge in [0.25, 0.3) is 0 Å². The third-order valence-electron chi connectivity index (χ3n) is 12.0. The van der Waals surface area contributed by atoms with Gasteiger partial charge in [-0.3, -0.25) is 0 Å². The Kier molecular flexibility index (Phi) is 7.63. The summed E-state index contributed by atoms with van der Waals surface area (Å²) in [5, 5.41) is 0. The molecule has 1 aliphatic heterocycles. The van der Waals surface area contributed by atoms with Gasteiger partial charge in [-0.05, 0) is 94.6 Å². The number of hydrogen-bond donors (Lipinski definition) is 0. The molecule has 1 aromatic heterocycles. The number of aromatic nitrogens is 3. The molecule has 1 atom stereocenters. The molecule has 0 spiro atoms. The van der Waals surface area contributed by atoms with Gasteiger partial charge >= 0.3 is 0 Å². The Hall–Kier alpha value is -6.91. The van der Waals surface area contributed by atoms with Crippen LogP contribution in [0.15, 0.2) is 194 Å². The summed E-state index contributed by atoms with van der Waals surface area (Å²) in [6.07, 6.45) is 14.7. The van der Waals surface area contributed by atoms with Crippen LogP contribution in [0.4, 0.5) is 11.4 Å². The van der Waals surface area contributed by atoms with E-state index in [0.717, 1.165) is 41.6 Å². The highest BCUT2D eigenvalue weighted by molar-refractivity contribution is 5.98. The number of hydrogen-bond acceptors (Lipinski definition) is 4. The zero-order valence-electron chi connectivity index (χ0n) is 30.9.